The third kappa shape index (κ3) is 2.98. The quantitative estimate of drug-likeness (QED) is 0.763. The number of hydrogen-bond donors (Lipinski definition) is 3. The van der Waals surface area contributed by atoms with Gasteiger partial charge in [-0.05, 0) is 18.2 Å². The number of phenols is 1. The van der Waals surface area contributed by atoms with Gasteiger partial charge in [0, 0.05) is 5.56 Å². The predicted octanol–water partition coefficient (Wildman–Crippen LogP) is 1.55. The first-order valence-corrected chi connectivity index (χ1v) is 5.43. The van der Waals surface area contributed by atoms with E-state index >= 15 is 0 Å². The number of aromatic hydroxyl groups is 1. The Morgan fingerprint density at radius 2 is 2.06 bits per heavy atom. The van der Waals surface area contributed by atoms with Gasteiger partial charge in [-0.1, -0.05) is 18.2 Å². The second-order valence-corrected chi connectivity index (χ2v) is 3.83. The molecule has 5 nitrogen and oxygen atoms in total. The van der Waals surface area contributed by atoms with Crippen LogP contribution in [-0.2, 0) is 11.2 Å². The lowest BCUT2D eigenvalue weighted by Crippen LogP contribution is -2.14. The van der Waals surface area contributed by atoms with Crippen LogP contribution in [-0.4, -0.2) is 16.0 Å². The van der Waals surface area contributed by atoms with E-state index in [9.17, 15) is 9.90 Å². The van der Waals surface area contributed by atoms with Gasteiger partial charge in [-0.15, -0.1) is 0 Å². The Hall–Kier alpha value is -2.56. The Morgan fingerprint density at radius 3 is 2.72 bits per heavy atom. The molecule has 0 spiro atoms. The van der Waals surface area contributed by atoms with Crippen LogP contribution in [0.3, 0.4) is 0 Å². The van der Waals surface area contributed by atoms with E-state index in [2.05, 4.69) is 10.3 Å². The molecule has 0 unspecified atom stereocenters. The van der Waals surface area contributed by atoms with Gasteiger partial charge < -0.3 is 16.2 Å². The predicted molar refractivity (Wildman–Crippen MR) is 69.1 cm³/mol. The van der Waals surface area contributed by atoms with Crippen LogP contribution in [0, 0.1) is 0 Å². The molecule has 1 aromatic carbocycles. The number of nitrogens with zero attached hydrogens (tertiary/aromatic N) is 1. The number of rotatable bonds is 3. The maximum atomic E-state index is 11.7. The number of benzene rings is 1. The van der Waals surface area contributed by atoms with Crippen LogP contribution >= 0.6 is 0 Å². The third-order valence-corrected chi connectivity index (χ3v) is 2.41. The highest BCUT2D eigenvalue weighted by Gasteiger charge is 2.07. The van der Waals surface area contributed by atoms with Crippen LogP contribution in [0.15, 0.2) is 42.6 Å². The molecule has 1 heterocycles. The van der Waals surface area contributed by atoms with E-state index in [1.54, 1.807) is 36.4 Å². The molecule has 4 N–H and O–H groups in total. The molecule has 0 saturated carbocycles. The molecule has 92 valence electrons. The van der Waals surface area contributed by atoms with Gasteiger partial charge in [0.15, 0.2) is 0 Å². The summed E-state index contributed by atoms with van der Waals surface area (Å²) in [6, 6.07) is 10.0. The van der Waals surface area contributed by atoms with E-state index in [4.69, 9.17) is 5.73 Å². The van der Waals surface area contributed by atoms with E-state index in [1.807, 2.05) is 0 Å². The monoisotopic (exact) mass is 243 g/mol. The highest BCUT2D eigenvalue weighted by atomic mass is 16.3. The average Bonchev–Trinajstić information content (AvgIpc) is 2.35. The van der Waals surface area contributed by atoms with Crippen molar-refractivity contribution in [2.45, 2.75) is 6.42 Å². The summed E-state index contributed by atoms with van der Waals surface area (Å²) in [5, 5.41) is 12.2. The zero-order chi connectivity index (χ0) is 13.0. The summed E-state index contributed by atoms with van der Waals surface area (Å²) in [6.45, 7) is 0. The minimum Gasteiger partial charge on any atom is -0.508 e. The first-order valence-electron chi connectivity index (χ1n) is 5.43. The average molecular weight is 243 g/mol. The SMILES string of the molecule is Nc1ccc(NC(=O)Cc2ccccc2O)cn1. The molecule has 0 aliphatic carbocycles. The van der Waals surface area contributed by atoms with Crippen molar-refractivity contribution in [3.63, 3.8) is 0 Å². The van der Waals surface area contributed by atoms with E-state index in [1.165, 1.54) is 6.20 Å². The first-order chi connectivity index (χ1) is 8.65. The number of nitrogens with one attached hydrogen (secondary N) is 1. The number of carbonyl (C=O) groups is 1. The fourth-order valence-electron chi connectivity index (χ4n) is 1.52. The standard InChI is InChI=1S/C13H13N3O2/c14-12-6-5-10(8-15-12)16-13(18)7-9-3-1-2-4-11(9)17/h1-6,8,17H,7H2,(H2,14,15)(H,16,18). The van der Waals surface area contributed by atoms with Crippen LogP contribution in [0.5, 0.6) is 5.75 Å². The fourth-order valence-corrected chi connectivity index (χ4v) is 1.52. The number of nitrogens with two attached hydrogens (primary N) is 1. The Morgan fingerprint density at radius 1 is 1.28 bits per heavy atom. The summed E-state index contributed by atoms with van der Waals surface area (Å²) in [5.41, 5.74) is 6.60. The summed E-state index contributed by atoms with van der Waals surface area (Å²) in [4.78, 5) is 15.6. The fraction of sp³-hybridized carbons (Fsp3) is 0.0769. The Bertz CT molecular complexity index is 552. The van der Waals surface area contributed by atoms with Crippen molar-refractivity contribution < 1.29 is 9.90 Å². The molecule has 0 radical (unpaired) electrons. The van der Waals surface area contributed by atoms with Gasteiger partial charge in [-0.25, -0.2) is 4.98 Å². The number of phenolic OH excluding ortho intramolecular Hbond substituents is 1. The number of hydrogen-bond acceptors (Lipinski definition) is 4. The number of aromatic nitrogens is 1. The van der Waals surface area contributed by atoms with Gasteiger partial charge in [0.2, 0.25) is 5.91 Å². The molecule has 0 saturated heterocycles. The highest BCUT2D eigenvalue weighted by Crippen LogP contribution is 2.16. The topological polar surface area (TPSA) is 88.2 Å². The van der Waals surface area contributed by atoms with Gasteiger partial charge >= 0.3 is 0 Å². The molecule has 1 amide bonds. The van der Waals surface area contributed by atoms with E-state index in [0.29, 0.717) is 17.1 Å². The summed E-state index contributed by atoms with van der Waals surface area (Å²) in [7, 11) is 0. The van der Waals surface area contributed by atoms with Gasteiger partial charge in [-0.2, -0.15) is 0 Å². The normalized spacial score (nSPS) is 10.0. The second kappa shape index (κ2) is 5.18. The number of carbonyl (C=O) groups excluding carboxylic acids is 1. The number of amides is 1. The largest absolute Gasteiger partial charge is 0.508 e. The van der Waals surface area contributed by atoms with Crippen molar-refractivity contribution in [2.24, 2.45) is 0 Å². The van der Waals surface area contributed by atoms with Gasteiger partial charge in [-0.3, -0.25) is 4.79 Å². The van der Waals surface area contributed by atoms with Crippen molar-refractivity contribution in [3.05, 3.63) is 48.2 Å². The van der Waals surface area contributed by atoms with Crippen molar-refractivity contribution in [2.75, 3.05) is 11.1 Å². The Balaban J connectivity index is 2.01. The molecule has 18 heavy (non-hydrogen) atoms. The minimum atomic E-state index is -0.219. The molecular formula is C13H13N3O2. The van der Waals surface area contributed by atoms with E-state index in [-0.39, 0.29) is 18.1 Å². The number of nitrogen functional groups attached to an aromatic ring is 1. The summed E-state index contributed by atoms with van der Waals surface area (Å²) in [6.07, 6.45) is 1.59. The molecule has 0 aliphatic heterocycles. The van der Waals surface area contributed by atoms with Crippen molar-refractivity contribution in [1.82, 2.24) is 4.98 Å². The molecule has 2 aromatic rings. The van der Waals surface area contributed by atoms with Crippen molar-refractivity contribution >= 4 is 17.4 Å². The van der Waals surface area contributed by atoms with E-state index in [0.717, 1.165) is 0 Å². The lowest BCUT2D eigenvalue weighted by Gasteiger charge is -2.06. The third-order valence-electron chi connectivity index (χ3n) is 2.41. The minimum absolute atomic E-state index is 0.108. The van der Waals surface area contributed by atoms with Crippen LogP contribution < -0.4 is 11.1 Å². The second-order valence-electron chi connectivity index (χ2n) is 3.83. The lowest BCUT2D eigenvalue weighted by molar-refractivity contribution is -0.115. The van der Waals surface area contributed by atoms with Gasteiger partial charge in [0.05, 0.1) is 18.3 Å². The molecule has 5 heteroatoms. The smallest absolute Gasteiger partial charge is 0.228 e. The summed E-state index contributed by atoms with van der Waals surface area (Å²) < 4.78 is 0. The summed E-state index contributed by atoms with van der Waals surface area (Å²) in [5.74, 6) is 0.292. The van der Waals surface area contributed by atoms with Crippen LogP contribution in [0.25, 0.3) is 0 Å². The van der Waals surface area contributed by atoms with Crippen LogP contribution in [0.2, 0.25) is 0 Å². The molecule has 0 bridgehead atoms. The number of pyridine rings is 1. The maximum absolute atomic E-state index is 11.7. The molecule has 1 aromatic heterocycles. The highest BCUT2D eigenvalue weighted by molar-refractivity contribution is 5.92. The van der Waals surface area contributed by atoms with Gasteiger partial charge in [0.25, 0.3) is 0 Å². The molecular weight excluding hydrogens is 230 g/mol. The van der Waals surface area contributed by atoms with Crippen molar-refractivity contribution in [3.8, 4) is 5.75 Å². The number of anilines is 2. The number of para-hydroxylation sites is 1. The Kier molecular flexibility index (Phi) is 3.43. The van der Waals surface area contributed by atoms with Crippen LogP contribution in [0.4, 0.5) is 11.5 Å². The Labute approximate surface area is 104 Å². The lowest BCUT2D eigenvalue weighted by atomic mass is 10.1. The van der Waals surface area contributed by atoms with E-state index < -0.39 is 0 Å². The zero-order valence-corrected chi connectivity index (χ0v) is 9.63. The molecule has 0 atom stereocenters. The maximum Gasteiger partial charge on any atom is 0.228 e. The molecule has 0 fully saturated rings. The molecule has 0 aliphatic rings. The van der Waals surface area contributed by atoms with Crippen molar-refractivity contribution in [1.29, 1.82) is 0 Å². The van der Waals surface area contributed by atoms with Crippen LogP contribution in [0.1, 0.15) is 5.56 Å². The van der Waals surface area contributed by atoms with Gasteiger partial charge in [0.1, 0.15) is 11.6 Å². The summed E-state index contributed by atoms with van der Waals surface area (Å²) >= 11 is 0. The zero-order valence-electron chi connectivity index (χ0n) is 9.63. The first kappa shape index (κ1) is 11.9. The molecule has 2 rings (SSSR count).